The maximum absolute atomic E-state index is 10.5. The number of aromatic carboxylic acids is 2. The molecule has 0 aliphatic heterocycles. The quantitative estimate of drug-likeness (QED) is 0.815. The second kappa shape index (κ2) is 6.62. The summed E-state index contributed by atoms with van der Waals surface area (Å²) < 4.78 is 0. The number of rotatable bonds is 2. The minimum absolute atomic E-state index is 0.190. The molecule has 1 rings (SSSR count). The van der Waals surface area contributed by atoms with Gasteiger partial charge in [0.15, 0.2) is 0 Å². The summed E-state index contributed by atoms with van der Waals surface area (Å²) in [6.45, 7) is 3.13. The van der Waals surface area contributed by atoms with Crippen LogP contribution in [-0.2, 0) is 0 Å². The summed E-state index contributed by atoms with van der Waals surface area (Å²) in [5.74, 6) is -2.46. The third-order valence-corrected chi connectivity index (χ3v) is 1.39. The van der Waals surface area contributed by atoms with Gasteiger partial charge in [-0.3, -0.25) is 0 Å². The third kappa shape index (κ3) is 4.28. The van der Waals surface area contributed by atoms with Crippen LogP contribution in [0.4, 0.5) is 0 Å². The van der Waals surface area contributed by atoms with Gasteiger partial charge < -0.3 is 10.2 Å². The van der Waals surface area contributed by atoms with Crippen molar-refractivity contribution in [3.05, 3.63) is 47.5 Å². The lowest BCUT2D eigenvalue weighted by atomic mass is 10.1. The van der Waals surface area contributed by atoms with Crippen molar-refractivity contribution in [3.63, 3.8) is 0 Å². The lowest BCUT2D eigenvalue weighted by molar-refractivity contribution is 0.0651. The van der Waals surface area contributed by atoms with Gasteiger partial charge in [0.1, 0.15) is 0 Å². The number of carboxylic acids is 2. The highest BCUT2D eigenvalue weighted by atomic mass is 35.5. The van der Waals surface area contributed by atoms with Crippen LogP contribution in [0.5, 0.6) is 0 Å². The molecule has 15 heavy (non-hydrogen) atoms. The third-order valence-electron chi connectivity index (χ3n) is 1.39. The van der Waals surface area contributed by atoms with Crippen molar-refractivity contribution < 1.29 is 19.8 Å². The van der Waals surface area contributed by atoms with E-state index in [2.05, 4.69) is 6.58 Å². The first-order valence-electron chi connectivity index (χ1n) is 3.81. The maximum atomic E-state index is 10.5. The van der Waals surface area contributed by atoms with Crippen LogP contribution >= 0.6 is 11.6 Å². The van der Waals surface area contributed by atoms with E-state index in [0.29, 0.717) is 0 Å². The van der Waals surface area contributed by atoms with Gasteiger partial charge in [0.25, 0.3) is 0 Å². The van der Waals surface area contributed by atoms with E-state index in [1.54, 1.807) is 0 Å². The molecule has 0 aliphatic carbocycles. The first kappa shape index (κ1) is 13.2. The van der Waals surface area contributed by atoms with Crippen LogP contribution in [0.15, 0.2) is 36.4 Å². The van der Waals surface area contributed by atoms with Gasteiger partial charge in [-0.1, -0.05) is 30.3 Å². The molecule has 0 bridgehead atoms. The SMILES string of the molecule is C=CCl.O=C(O)c1ccccc1C(=O)O. The van der Waals surface area contributed by atoms with Crippen molar-refractivity contribution in [3.8, 4) is 0 Å². The van der Waals surface area contributed by atoms with Gasteiger partial charge in [0.05, 0.1) is 11.1 Å². The number of hydrogen-bond acceptors (Lipinski definition) is 2. The Balaban J connectivity index is 0.000000583. The van der Waals surface area contributed by atoms with Gasteiger partial charge in [0, 0.05) is 0 Å². The summed E-state index contributed by atoms with van der Waals surface area (Å²) in [5.41, 5.74) is 0.843. The number of hydrogen-bond donors (Lipinski definition) is 2. The highest BCUT2D eigenvalue weighted by Crippen LogP contribution is 2.07. The summed E-state index contributed by atoms with van der Waals surface area (Å²) in [5, 5.41) is 17.1. The van der Waals surface area contributed by atoms with Gasteiger partial charge in [-0.15, -0.1) is 0 Å². The first-order valence-corrected chi connectivity index (χ1v) is 4.25. The minimum atomic E-state index is -1.23. The van der Waals surface area contributed by atoms with Crippen molar-refractivity contribution in [1.29, 1.82) is 0 Å². The predicted octanol–water partition coefficient (Wildman–Crippen LogP) is 2.45. The molecule has 0 atom stereocenters. The molecule has 0 unspecified atom stereocenters. The van der Waals surface area contributed by atoms with Crippen LogP contribution in [0, 0.1) is 0 Å². The molecular formula is C10H9ClO4. The normalized spacial score (nSPS) is 8.33. The molecule has 0 aromatic heterocycles. The Morgan fingerprint density at radius 3 is 1.60 bits per heavy atom. The van der Waals surface area contributed by atoms with Crippen LogP contribution in [0.2, 0.25) is 0 Å². The number of halogens is 1. The van der Waals surface area contributed by atoms with Gasteiger partial charge in [0.2, 0.25) is 0 Å². The van der Waals surface area contributed by atoms with E-state index in [1.165, 1.54) is 29.8 Å². The molecule has 0 spiro atoms. The number of benzene rings is 1. The molecule has 4 nitrogen and oxygen atoms in total. The van der Waals surface area contributed by atoms with Crippen molar-refractivity contribution in [2.45, 2.75) is 0 Å². The molecule has 0 aliphatic rings. The van der Waals surface area contributed by atoms with Crippen molar-refractivity contribution >= 4 is 23.5 Å². The molecule has 5 heteroatoms. The monoisotopic (exact) mass is 228 g/mol. The lowest BCUT2D eigenvalue weighted by Crippen LogP contribution is -2.06. The van der Waals surface area contributed by atoms with E-state index >= 15 is 0 Å². The first-order chi connectivity index (χ1) is 7.04. The van der Waals surface area contributed by atoms with Crippen molar-refractivity contribution in [1.82, 2.24) is 0 Å². The fraction of sp³-hybridized carbons (Fsp3) is 0. The summed E-state index contributed by atoms with van der Waals surface area (Å²) in [6.07, 6.45) is 0. The standard InChI is InChI=1S/C8H6O4.C2H3Cl/c9-7(10)5-3-1-2-4-6(5)8(11)12;1-2-3/h1-4H,(H,9,10)(H,11,12);2H,1H2. The Bertz CT molecular complexity index is 340. The largest absolute Gasteiger partial charge is 0.478 e. The predicted molar refractivity (Wildman–Crippen MR) is 56.4 cm³/mol. The summed E-state index contributed by atoms with van der Waals surface area (Å²) in [4.78, 5) is 20.9. The molecule has 0 heterocycles. The lowest BCUT2D eigenvalue weighted by Gasteiger charge is -1.98. The fourth-order valence-corrected chi connectivity index (χ4v) is 0.856. The summed E-state index contributed by atoms with van der Waals surface area (Å²) in [7, 11) is 0. The van der Waals surface area contributed by atoms with Crippen LogP contribution in [0.3, 0.4) is 0 Å². The van der Waals surface area contributed by atoms with E-state index in [9.17, 15) is 9.59 Å². The highest BCUT2D eigenvalue weighted by Gasteiger charge is 2.13. The molecule has 0 amide bonds. The van der Waals surface area contributed by atoms with Crippen LogP contribution < -0.4 is 0 Å². The molecule has 0 radical (unpaired) electrons. The molecule has 80 valence electrons. The fourth-order valence-electron chi connectivity index (χ4n) is 0.856. The second-order valence-electron chi connectivity index (χ2n) is 2.31. The second-order valence-corrected chi connectivity index (χ2v) is 2.62. The molecule has 0 fully saturated rings. The van der Waals surface area contributed by atoms with E-state index < -0.39 is 11.9 Å². The Morgan fingerprint density at radius 2 is 1.40 bits per heavy atom. The van der Waals surface area contributed by atoms with Gasteiger partial charge in [-0.2, -0.15) is 0 Å². The topological polar surface area (TPSA) is 74.6 Å². The zero-order valence-electron chi connectivity index (χ0n) is 7.68. The Labute approximate surface area is 91.4 Å². The number of carboxylic acid groups (broad SMARTS) is 2. The zero-order valence-corrected chi connectivity index (χ0v) is 8.44. The molecule has 0 saturated heterocycles. The summed E-state index contributed by atoms with van der Waals surface area (Å²) >= 11 is 4.76. The van der Waals surface area contributed by atoms with Crippen LogP contribution in [-0.4, -0.2) is 22.2 Å². The number of carbonyl (C=O) groups is 2. The average Bonchev–Trinajstić information content (AvgIpc) is 2.19. The van der Waals surface area contributed by atoms with Crippen molar-refractivity contribution in [2.24, 2.45) is 0 Å². The van der Waals surface area contributed by atoms with Gasteiger partial charge in [-0.25, -0.2) is 9.59 Å². The molecule has 0 saturated carbocycles. The zero-order chi connectivity index (χ0) is 11.8. The molecule has 1 aromatic rings. The maximum Gasteiger partial charge on any atom is 0.336 e. The Hall–Kier alpha value is -1.81. The Kier molecular flexibility index (Phi) is 5.82. The minimum Gasteiger partial charge on any atom is -0.478 e. The average molecular weight is 229 g/mol. The van der Waals surface area contributed by atoms with Gasteiger partial charge in [-0.05, 0) is 17.7 Å². The Morgan fingerprint density at radius 1 is 1.13 bits per heavy atom. The van der Waals surface area contributed by atoms with Crippen LogP contribution in [0.25, 0.3) is 0 Å². The van der Waals surface area contributed by atoms with E-state index in [1.807, 2.05) is 0 Å². The smallest absolute Gasteiger partial charge is 0.336 e. The molecular weight excluding hydrogens is 220 g/mol. The van der Waals surface area contributed by atoms with E-state index in [4.69, 9.17) is 21.8 Å². The van der Waals surface area contributed by atoms with E-state index in [-0.39, 0.29) is 11.1 Å². The molecule has 1 aromatic carbocycles. The highest BCUT2D eigenvalue weighted by molar-refractivity contribution is 6.25. The van der Waals surface area contributed by atoms with Crippen LogP contribution in [0.1, 0.15) is 20.7 Å². The summed E-state index contributed by atoms with van der Waals surface area (Å²) in [6, 6.07) is 5.48. The van der Waals surface area contributed by atoms with E-state index in [0.717, 1.165) is 0 Å². The molecule has 2 N–H and O–H groups in total. The van der Waals surface area contributed by atoms with Gasteiger partial charge >= 0.3 is 11.9 Å². The van der Waals surface area contributed by atoms with Crippen molar-refractivity contribution in [2.75, 3.05) is 0 Å².